The van der Waals surface area contributed by atoms with Crippen LogP contribution in [0.1, 0.15) is 55.2 Å². The fourth-order valence-electron chi connectivity index (χ4n) is 8.16. The van der Waals surface area contributed by atoms with Crippen LogP contribution in [0.5, 0.6) is 0 Å². The first-order valence-corrected chi connectivity index (χ1v) is 16.3. The number of ether oxygens (including phenoxy) is 2. The van der Waals surface area contributed by atoms with Gasteiger partial charge in [0, 0.05) is 56.7 Å². The molecule has 0 saturated carbocycles. The summed E-state index contributed by atoms with van der Waals surface area (Å²) in [5, 5.41) is 0. The van der Waals surface area contributed by atoms with E-state index in [1.807, 2.05) is 66.7 Å². The van der Waals surface area contributed by atoms with Gasteiger partial charge in [-0.15, -0.1) is 0 Å². The molecule has 3 aliphatic heterocycles. The fraction of sp³-hybridized carbons (Fsp3) is 0.432. The lowest BCUT2D eigenvalue weighted by Crippen LogP contribution is -2.60. The van der Waals surface area contributed by atoms with Crippen molar-refractivity contribution in [1.82, 2.24) is 4.90 Å². The molecule has 3 aromatic rings. The molecule has 2 N–H and O–H groups in total. The standard InChI is InChI=1S/C37H44N3O5/c1-39(35(42)33(38)23-27-13-5-2-6-14-27)26-34(41)45-37(28-15-7-3-8-16-28,29-17-9-4-10-18-29)36(43)44-32-24-30-19-20-31(25-32)40(30)21-11-12-22-40/h2-10,13-18,30-33H,11-12,19-26,38H2,1H3/q+1/t30?,31?,32?,33-/m0/s1. The Balaban J connectivity index is 1.24. The van der Waals surface area contributed by atoms with E-state index in [9.17, 15) is 14.4 Å². The lowest BCUT2D eigenvalue weighted by atomic mass is 9.85. The maximum absolute atomic E-state index is 14.5. The van der Waals surface area contributed by atoms with Gasteiger partial charge in [-0.25, -0.2) is 4.79 Å². The monoisotopic (exact) mass is 610 g/mol. The Morgan fingerprint density at radius 2 is 1.36 bits per heavy atom. The fourth-order valence-corrected chi connectivity index (χ4v) is 8.16. The number of hydrogen-bond acceptors (Lipinski definition) is 6. The number of carbonyl (C=O) groups excluding carboxylic acids is 3. The van der Waals surface area contributed by atoms with E-state index in [0.717, 1.165) is 18.4 Å². The molecule has 236 valence electrons. The Morgan fingerprint density at radius 1 is 0.844 bits per heavy atom. The lowest BCUT2D eigenvalue weighted by molar-refractivity contribution is -0.956. The van der Waals surface area contributed by atoms with Crippen molar-refractivity contribution in [3.05, 3.63) is 108 Å². The van der Waals surface area contributed by atoms with E-state index >= 15 is 0 Å². The molecule has 2 unspecified atom stereocenters. The molecule has 2 bridgehead atoms. The van der Waals surface area contributed by atoms with Gasteiger partial charge in [-0.3, -0.25) is 9.59 Å². The Hall–Kier alpha value is -4.01. The predicted octanol–water partition coefficient (Wildman–Crippen LogP) is 4.35. The molecule has 6 rings (SSSR count). The zero-order chi connectivity index (χ0) is 31.4. The summed E-state index contributed by atoms with van der Waals surface area (Å²) in [6.07, 6.45) is 6.63. The number of hydrogen-bond donors (Lipinski definition) is 1. The topological polar surface area (TPSA) is 98.9 Å². The molecular weight excluding hydrogens is 566 g/mol. The van der Waals surface area contributed by atoms with E-state index in [1.54, 1.807) is 24.3 Å². The number of quaternary nitrogens is 1. The number of nitrogens with two attached hydrogens (primary N) is 1. The van der Waals surface area contributed by atoms with Crippen LogP contribution in [0.3, 0.4) is 0 Å². The highest BCUT2D eigenvalue weighted by Crippen LogP contribution is 2.47. The molecule has 8 heteroatoms. The first-order valence-electron chi connectivity index (χ1n) is 16.3. The van der Waals surface area contributed by atoms with Gasteiger partial charge in [0.15, 0.2) is 0 Å². The molecule has 3 aliphatic rings. The zero-order valence-electron chi connectivity index (χ0n) is 26.1. The van der Waals surface area contributed by atoms with Crippen LogP contribution < -0.4 is 5.73 Å². The van der Waals surface area contributed by atoms with Crippen LogP contribution in [0.15, 0.2) is 91.0 Å². The van der Waals surface area contributed by atoms with Crippen molar-refractivity contribution in [2.75, 3.05) is 26.7 Å². The number of piperidine rings is 1. The third kappa shape index (κ3) is 6.14. The normalized spacial score (nSPS) is 22.5. The highest BCUT2D eigenvalue weighted by Gasteiger charge is 2.57. The summed E-state index contributed by atoms with van der Waals surface area (Å²) in [7, 11) is 1.52. The summed E-state index contributed by atoms with van der Waals surface area (Å²) in [5.74, 6) is -1.73. The molecule has 3 fully saturated rings. The number of carbonyl (C=O) groups is 3. The molecule has 0 radical (unpaired) electrons. The second-order valence-corrected chi connectivity index (χ2v) is 13.0. The van der Waals surface area contributed by atoms with Crippen LogP contribution >= 0.6 is 0 Å². The Morgan fingerprint density at radius 3 is 1.89 bits per heavy atom. The minimum Gasteiger partial charge on any atom is -0.458 e. The van der Waals surface area contributed by atoms with Crippen LogP contribution in [-0.4, -0.2) is 78.1 Å². The molecule has 45 heavy (non-hydrogen) atoms. The molecular formula is C37H44N3O5+. The van der Waals surface area contributed by atoms with Gasteiger partial charge < -0.3 is 24.6 Å². The Kier molecular flexibility index (Phi) is 9.06. The summed E-state index contributed by atoms with van der Waals surface area (Å²) in [5.41, 5.74) is 6.31. The van der Waals surface area contributed by atoms with Gasteiger partial charge >= 0.3 is 11.9 Å². The second-order valence-electron chi connectivity index (χ2n) is 13.0. The molecule has 1 spiro atoms. The molecule has 3 atom stereocenters. The van der Waals surface area contributed by atoms with Crippen molar-refractivity contribution < 1.29 is 28.3 Å². The first-order chi connectivity index (χ1) is 21.8. The highest BCUT2D eigenvalue weighted by molar-refractivity contribution is 5.91. The van der Waals surface area contributed by atoms with E-state index in [2.05, 4.69) is 0 Å². The number of likely N-dealkylation sites (N-methyl/N-ethyl adjacent to an activating group) is 1. The number of rotatable bonds is 10. The smallest absolute Gasteiger partial charge is 0.360 e. The van der Waals surface area contributed by atoms with Crippen molar-refractivity contribution >= 4 is 17.8 Å². The average molecular weight is 611 g/mol. The molecule has 0 aromatic heterocycles. The zero-order valence-corrected chi connectivity index (χ0v) is 26.1. The first kappa shape index (κ1) is 31.0. The minimum absolute atomic E-state index is 0.245. The van der Waals surface area contributed by atoms with Gasteiger partial charge in [0.1, 0.15) is 12.6 Å². The summed E-state index contributed by atoms with van der Waals surface area (Å²) in [6.45, 7) is 2.09. The highest BCUT2D eigenvalue weighted by atomic mass is 16.6. The van der Waals surface area contributed by atoms with Gasteiger partial charge in [0.2, 0.25) is 5.91 Å². The Labute approximate surface area is 265 Å². The molecule has 3 aromatic carbocycles. The Bertz CT molecular complexity index is 1420. The van der Waals surface area contributed by atoms with Gasteiger partial charge in [-0.05, 0) is 12.0 Å². The molecule has 1 amide bonds. The van der Waals surface area contributed by atoms with E-state index in [1.165, 1.54) is 55.2 Å². The number of nitrogens with zero attached hydrogens (tertiary/aromatic N) is 2. The van der Waals surface area contributed by atoms with Crippen molar-refractivity contribution in [2.24, 2.45) is 5.73 Å². The van der Waals surface area contributed by atoms with Gasteiger partial charge in [0.25, 0.3) is 5.60 Å². The maximum atomic E-state index is 14.5. The third-order valence-corrected chi connectivity index (χ3v) is 10.3. The number of amides is 1. The van der Waals surface area contributed by atoms with Crippen LogP contribution in [0.4, 0.5) is 0 Å². The number of esters is 2. The summed E-state index contributed by atoms with van der Waals surface area (Å²) < 4.78 is 13.8. The van der Waals surface area contributed by atoms with E-state index in [-0.39, 0.29) is 18.6 Å². The van der Waals surface area contributed by atoms with Crippen molar-refractivity contribution in [2.45, 2.75) is 74.8 Å². The second kappa shape index (κ2) is 13.2. The third-order valence-electron chi connectivity index (χ3n) is 10.3. The minimum atomic E-state index is -1.84. The maximum Gasteiger partial charge on any atom is 0.360 e. The van der Waals surface area contributed by atoms with Crippen molar-refractivity contribution in [1.29, 1.82) is 0 Å². The van der Waals surface area contributed by atoms with Crippen molar-refractivity contribution in [3.8, 4) is 0 Å². The molecule has 3 saturated heterocycles. The van der Waals surface area contributed by atoms with Crippen LogP contribution in [0, 0.1) is 0 Å². The van der Waals surface area contributed by atoms with E-state index in [4.69, 9.17) is 15.2 Å². The summed E-state index contributed by atoms with van der Waals surface area (Å²) >= 11 is 0. The van der Waals surface area contributed by atoms with Crippen LogP contribution in [0.25, 0.3) is 0 Å². The molecule has 0 aliphatic carbocycles. The van der Waals surface area contributed by atoms with Gasteiger partial charge in [0.05, 0.1) is 31.2 Å². The molecule has 8 nitrogen and oxygen atoms in total. The van der Waals surface area contributed by atoms with Gasteiger partial charge in [-0.2, -0.15) is 0 Å². The SMILES string of the molecule is CN(CC(=O)OC(C(=O)OC1CC2CCC(C1)[N+]21CCCC1)(c1ccccc1)c1ccccc1)C(=O)[C@@H](N)Cc1ccccc1. The van der Waals surface area contributed by atoms with Gasteiger partial charge in [-0.1, -0.05) is 91.0 Å². The average Bonchev–Trinajstić information content (AvgIpc) is 3.60. The molecule has 3 heterocycles. The summed E-state index contributed by atoms with van der Waals surface area (Å²) in [6, 6.07) is 27.8. The summed E-state index contributed by atoms with van der Waals surface area (Å²) in [4.78, 5) is 42.7. The largest absolute Gasteiger partial charge is 0.458 e. The quantitative estimate of drug-likeness (QED) is 0.271. The lowest BCUT2D eigenvalue weighted by Gasteiger charge is -2.47. The number of benzene rings is 3. The van der Waals surface area contributed by atoms with Crippen LogP contribution in [-0.2, 0) is 35.9 Å². The van der Waals surface area contributed by atoms with Crippen LogP contribution in [0.2, 0.25) is 0 Å². The van der Waals surface area contributed by atoms with Crippen molar-refractivity contribution in [3.63, 3.8) is 0 Å². The predicted molar refractivity (Wildman–Crippen MR) is 171 cm³/mol. The van der Waals surface area contributed by atoms with E-state index < -0.39 is 23.6 Å². The van der Waals surface area contributed by atoms with E-state index in [0.29, 0.717) is 29.6 Å².